The number of benzene rings is 2. The molecule has 3 aromatic rings. The Morgan fingerprint density at radius 1 is 1.17 bits per heavy atom. The van der Waals surface area contributed by atoms with E-state index < -0.39 is 0 Å². The Kier molecular flexibility index (Phi) is 3.39. The third-order valence-electron chi connectivity index (χ3n) is 4.09. The Balaban J connectivity index is 2.05. The number of rotatable bonds is 1. The van der Waals surface area contributed by atoms with Crippen LogP contribution in [0.3, 0.4) is 0 Å². The first-order chi connectivity index (χ1) is 11.6. The summed E-state index contributed by atoms with van der Waals surface area (Å²) in [5.41, 5.74) is 2.94. The second-order valence-corrected chi connectivity index (χ2v) is 6.01. The highest BCUT2D eigenvalue weighted by molar-refractivity contribution is 6.31. The molecule has 1 aliphatic rings. The summed E-state index contributed by atoms with van der Waals surface area (Å²) in [6.45, 7) is 2.00. The predicted molar refractivity (Wildman–Crippen MR) is 90.7 cm³/mol. The summed E-state index contributed by atoms with van der Waals surface area (Å²) in [6.07, 6.45) is 0. The van der Waals surface area contributed by atoms with Crippen molar-refractivity contribution in [2.75, 3.05) is 0 Å². The zero-order valence-electron chi connectivity index (χ0n) is 12.8. The lowest BCUT2D eigenvalue weighted by atomic mass is 10.00. The van der Waals surface area contributed by atoms with Crippen LogP contribution >= 0.6 is 11.6 Å². The summed E-state index contributed by atoms with van der Waals surface area (Å²) in [7, 11) is 0. The molecule has 2 aromatic carbocycles. The number of fused-ring (bicyclic) bond motifs is 3. The molecular formula is C18H13ClFN3O. The number of hydrogen-bond acceptors (Lipinski definition) is 3. The topological polar surface area (TPSA) is 50.4 Å². The summed E-state index contributed by atoms with van der Waals surface area (Å²) in [6, 6.07) is 11.8. The van der Waals surface area contributed by atoms with Gasteiger partial charge in [0.2, 0.25) is 5.88 Å². The van der Waals surface area contributed by atoms with E-state index in [2.05, 4.69) is 9.98 Å². The second kappa shape index (κ2) is 5.46. The minimum Gasteiger partial charge on any atom is -0.492 e. The molecule has 1 aromatic heterocycles. The van der Waals surface area contributed by atoms with E-state index in [1.54, 1.807) is 37.3 Å². The van der Waals surface area contributed by atoms with E-state index in [1.165, 1.54) is 6.07 Å². The monoisotopic (exact) mass is 341 g/mol. The maximum absolute atomic E-state index is 14.3. The van der Waals surface area contributed by atoms with Crippen LogP contribution in [0.15, 0.2) is 47.5 Å². The molecular weight excluding hydrogens is 329 g/mol. The molecule has 0 spiro atoms. The molecule has 1 aliphatic heterocycles. The third kappa shape index (κ3) is 2.20. The summed E-state index contributed by atoms with van der Waals surface area (Å²) in [5, 5.41) is 10.6. The molecule has 0 fully saturated rings. The maximum Gasteiger partial charge on any atom is 0.235 e. The van der Waals surface area contributed by atoms with Gasteiger partial charge in [-0.15, -0.1) is 0 Å². The molecule has 0 saturated heterocycles. The van der Waals surface area contributed by atoms with E-state index in [1.807, 2.05) is 10.6 Å². The third-order valence-corrected chi connectivity index (χ3v) is 4.32. The fourth-order valence-electron chi connectivity index (χ4n) is 3.04. The van der Waals surface area contributed by atoms with Crippen molar-refractivity contribution in [1.82, 2.24) is 9.55 Å². The molecule has 0 amide bonds. The molecule has 0 saturated carbocycles. The Bertz CT molecular complexity index is 994. The molecule has 4 rings (SSSR count). The molecule has 120 valence electrons. The van der Waals surface area contributed by atoms with Gasteiger partial charge < -0.3 is 5.11 Å². The summed E-state index contributed by atoms with van der Waals surface area (Å²) >= 11 is 6.17. The number of aliphatic imine (C=N–C) groups is 1. The van der Waals surface area contributed by atoms with Gasteiger partial charge in [0, 0.05) is 16.1 Å². The highest BCUT2D eigenvalue weighted by Gasteiger charge is 2.24. The molecule has 24 heavy (non-hydrogen) atoms. The van der Waals surface area contributed by atoms with Crippen molar-refractivity contribution in [3.8, 4) is 11.6 Å². The number of aryl methyl sites for hydroxylation is 1. The zero-order chi connectivity index (χ0) is 16.8. The van der Waals surface area contributed by atoms with Crippen molar-refractivity contribution in [3.05, 3.63) is 75.9 Å². The first-order valence-electron chi connectivity index (χ1n) is 7.43. The van der Waals surface area contributed by atoms with E-state index in [9.17, 15) is 9.50 Å². The fraction of sp³-hybridized carbons (Fsp3) is 0.111. The zero-order valence-corrected chi connectivity index (χ0v) is 13.5. The second-order valence-electron chi connectivity index (χ2n) is 5.57. The van der Waals surface area contributed by atoms with Crippen molar-refractivity contribution in [3.63, 3.8) is 0 Å². The van der Waals surface area contributed by atoms with Crippen LogP contribution in [0.1, 0.15) is 22.6 Å². The smallest absolute Gasteiger partial charge is 0.235 e. The van der Waals surface area contributed by atoms with Gasteiger partial charge in [0.25, 0.3) is 0 Å². The van der Waals surface area contributed by atoms with Gasteiger partial charge in [-0.3, -0.25) is 9.56 Å². The molecule has 0 atom stereocenters. The molecule has 0 aliphatic carbocycles. The van der Waals surface area contributed by atoms with Crippen molar-refractivity contribution in [1.29, 1.82) is 0 Å². The average molecular weight is 342 g/mol. The molecule has 0 bridgehead atoms. The van der Waals surface area contributed by atoms with Gasteiger partial charge in [-0.25, -0.2) is 4.39 Å². The van der Waals surface area contributed by atoms with Crippen LogP contribution in [-0.4, -0.2) is 20.4 Å². The van der Waals surface area contributed by atoms with E-state index >= 15 is 0 Å². The fourth-order valence-corrected chi connectivity index (χ4v) is 3.21. The van der Waals surface area contributed by atoms with Gasteiger partial charge in [-0.1, -0.05) is 23.7 Å². The molecule has 4 nitrogen and oxygen atoms in total. The van der Waals surface area contributed by atoms with Crippen LogP contribution in [0, 0.1) is 12.7 Å². The van der Waals surface area contributed by atoms with Crippen molar-refractivity contribution in [2.45, 2.75) is 13.5 Å². The van der Waals surface area contributed by atoms with Crippen LogP contribution in [0.5, 0.6) is 5.88 Å². The number of aromatic hydroxyl groups is 1. The number of halogens is 2. The Morgan fingerprint density at radius 2 is 1.96 bits per heavy atom. The number of hydrogen-bond donors (Lipinski definition) is 1. The minimum absolute atomic E-state index is 0.0630. The molecule has 1 N–H and O–H groups in total. The highest BCUT2D eigenvalue weighted by atomic mass is 35.5. The van der Waals surface area contributed by atoms with Crippen LogP contribution in [-0.2, 0) is 6.54 Å². The highest BCUT2D eigenvalue weighted by Crippen LogP contribution is 2.32. The van der Waals surface area contributed by atoms with Crippen molar-refractivity contribution >= 4 is 17.3 Å². The minimum atomic E-state index is -0.354. The number of nitrogens with zero attached hydrogens (tertiary/aromatic N) is 3. The van der Waals surface area contributed by atoms with Crippen LogP contribution in [0.25, 0.3) is 5.69 Å². The van der Waals surface area contributed by atoms with Gasteiger partial charge in [0.1, 0.15) is 17.3 Å². The average Bonchev–Trinajstić information content (AvgIpc) is 2.74. The van der Waals surface area contributed by atoms with Gasteiger partial charge in [0.15, 0.2) is 0 Å². The van der Waals surface area contributed by atoms with E-state index in [0.29, 0.717) is 33.4 Å². The lowest BCUT2D eigenvalue weighted by Gasteiger charge is -2.13. The number of aromatic nitrogens is 2. The predicted octanol–water partition coefficient (Wildman–Crippen LogP) is 4.03. The molecule has 0 unspecified atom stereocenters. The van der Waals surface area contributed by atoms with Crippen LogP contribution in [0.2, 0.25) is 5.02 Å². The van der Waals surface area contributed by atoms with Gasteiger partial charge >= 0.3 is 0 Å². The first-order valence-corrected chi connectivity index (χ1v) is 7.81. The molecule has 2 heterocycles. The van der Waals surface area contributed by atoms with Gasteiger partial charge in [0.05, 0.1) is 17.9 Å². The largest absolute Gasteiger partial charge is 0.492 e. The van der Waals surface area contributed by atoms with E-state index in [4.69, 9.17) is 11.6 Å². The lowest BCUT2D eigenvalue weighted by molar-refractivity contribution is 0.448. The lowest BCUT2D eigenvalue weighted by Crippen LogP contribution is -2.09. The van der Waals surface area contributed by atoms with Crippen LogP contribution in [0.4, 0.5) is 4.39 Å². The molecule has 0 radical (unpaired) electrons. The first kappa shape index (κ1) is 14.9. The van der Waals surface area contributed by atoms with E-state index in [-0.39, 0.29) is 18.2 Å². The Labute approximate surface area is 142 Å². The Hall–Kier alpha value is -2.66. The van der Waals surface area contributed by atoms with Crippen molar-refractivity contribution < 1.29 is 9.50 Å². The molecule has 6 heteroatoms. The Morgan fingerprint density at radius 3 is 2.75 bits per heavy atom. The van der Waals surface area contributed by atoms with Crippen molar-refractivity contribution in [2.24, 2.45) is 4.99 Å². The SMILES string of the molecule is Cc1nc(O)c2n1-c1ccc(Cl)cc1C(c1ccccc1F)=NC2. The maximum atomic E-state index is 14.3. The summed E-state index contributed by atoms with van der Waals surface area (Å²) in [4.78, 5) is 8.66. The van der Waals surface area contributed by atoms with Gasteiger partial charge in [-0.2, -0.15) is 4.98 Å². The number of imidazole rings is 1. The van der Waals surface area contributed by atoms with E-state index in [0.717, 1.165) is 5.69 Å². The quantitative estimate of drug-likeness (QED) is 0.726. The van der Waals surface area contributed by atoms with Crippen LogP contribution < -0.4 is 0 Å². The standard InChI is InChI=1S/C18H13ClFN3O/c1-10-22-18(24)16-9-21-17(12-4-2-3-5-14(12)20)13-8-11(19)6-7-15(13)23(10)16/h2-8,24H,9H2,1H3. The summed E-state index contributed by atoms with van der Waals surface area (Å²) < 4.78 is 16.2. The normalized spacial score (nSPS) is 13.0. The van der Waals surface area contributed by atoms with Gasteiger partial charge in [-0.05, 0) is 37.3 Å². The summed E-state index contributed by atoms with van der Waals surface area (Å²) in [5.74, 6) is 0.218.